The van der Waals surface area contributed by atoms with Crippen LogP contribution in [0.1, 0.15) is 31.2 Å². The van der Waals surface area contributed by atoms with Crippen molar-refractivity contribution in [2.24, 2.45) is 0 Å². The predicted octanol–water partition coefficient (Wildman–Crippen LogP) is 4.24. The van der Waals surface area contributed by atoms with Gasteiger partial charge >= 0.3 is 0 Å². The molecule has 1 unspecified atom stereocenters. The topological polar surface area (TPSA) is 21.3 Å². The van der Waals surface area contributed by atoms with E-state index in [1.165, 1.54) is 12.0 Å². The van der Waals surface area contributed by atoms with E-state index in [1.807, 2.05) is 30.3 Å². The zero-order valence-corrected chi connectivity index (χ0v) is 12.8. The maximum atomic E-state index is 5.66. The molecule has 0 heterocycles. The van der Waals surface area contributed by atoms with Gasteiger partial charge in [-0.05, 0) is 49.5 Å². The summed E-state index contributed by atoms with van der Waals surface area (Å²) in [5, 5.41) is 3.49. The van der Waals surface area contributed by atoms with Gasteiger partial charge < -0.3 is 10.1 Å². The summed E-state index contributed by atoms with van der Waals surface area (Å²) in [6, 6.07) is 20.7. The average molecular weight is 283 g/mol. The molecule has 2 aromatic rings. The molecule has 0 saturated carbocycles. The Balaban J connectivity index is 1.50. The molecule has 1 atom stereocenters. The highest BCUT2D eigenvalue weighted by Gasteiger charge is 2.03. The zero-order valence-electron chi connectivity index (χ0n) is 12.8. The Kier molecular flexibility index (Phi) is 6.82. The van der Waals surface area contributed by atoms with Crippen LogP contribution in [0, 0.1) is 0 Å². The fourth-order valence-corrected chi connectivity index (χ4v) is 2.30. The number of nitrogens with one attached hydrogen (secondary N) is 1. The minimum atomic E-state index is 0.610. The Bertz CT molecular complexity index is 483. The van der Waals surface area contributed by atoms with E-state index in [-0.39, 0.29) is 0 Å². The third kappa shape index (κ3) is 6.01. The molecule has 21 heavy (non-hydrogen) atoms. The highest BCUT2D eigenvalue weighted by atomic mass is 16.5. The SMILES string of the molecule is CC(CCNCCCOc1ccccc1)c1ccccc1. The molecule has 2 nitrogen and oxygen atoms in total. The molecule has 0 amide bonds. The summed E-state index contributed by atoms with van der Waals surface area (Å²) in [7, 11) is 0. The van der Waals surface area contributed by atoms with E-state index >= 15 is 0 Å². The molecule has 0 aromatic heterocycles. The number of rotatable bonds is 9. The maximum Gasteiger partial charge on any atom is 0.119 e. The molecule has 1 N–H and O–H groups in total. The number of para-hydroxylation sites is 1. The Morgan fingerprint density at radius 3 is 2.29 bits per heavy atom. The molecule has 2 heteroatoms. The van der Waals surface area contributed by atoms with Crippen LogP contribution in [0.15, 0.2) is 60.7 Å². The van der Waals surface area contributed by atoms with Crippen molar-refractivity contribution in [2.75, 3.05) is 19.7 Å². The van der Waals surface area contributed by atoms with Crippen LogP contribution in [-0.2, 0) is 0 Å². The summed E-state index contributed by atoms with van der Waals surface area (Å²) in [6.07, 6.45) is 2.21. The first kappa shape index (κ1) is 15.6. The molecular weight excluding hydrogens is 258 g/mol. The standard InChI is InChI=1S/C19H25NO/c1-17(18-9-4-2-5-10-18)13-15-20-14-8-16-21-19-11-6-3-7-12-19/h2-7,9-12,17,20H,8,13-16H2,1H3. The van der Waals surface area contributed by atoms with Crippen LogP contribution in [-0.4, -0.2) is 19.7 Å². The van der Waals surface area contributed by atoms with Crippen LogP contribution >= 0.6 is 0 Å². The van der Waals surface area contributed by atoms with Gasteiger partial charge in [0.05, 0.1) is 6.61 Å². The van der Waals surface area contributed by atoms with Crippen molar-refractivity contribution < 1.29 is 4.74 Å². The van der Waals surface area contributed by atoms with Crippen LogP contribution < -0.4 is 10.1 Å². The number of ether oxygens (including phenoxy) is 1. The van der Waals surface area contributed by atoms with Gasteiger partial charge in [0.1, 0.15) is 5.75 Å². The van der Waals surface area contributed by atoms with Crippen molar-refractivity contribution >= 4 is 0 Å². The summed E-state index contributed by atoms with van der Waals surface area (Å²) in [5.74, 6) is 1.56. The van der Waals surface area contributed by atoms with Crippen molar-refractivity contribution in [1.29, 1.82) is 0 Å². The molecule has 2 rings (SSSR count). The molecule has 0 saturated heterocycles. The minimum Gasteiger partial charge on any atom is -0.494 e. The quantitative estimate of drug-likeness (QED) is 0.695. The van der Waals surface area contributed by atoms with Crippen molar-refractivity contribution in [1.82, 2.24) is 5.32 Å². The lowest BCUT2D eigenvalue weighted by atomic mass is 9.98. The van der Waals surface area contributed by atoms with E-state index in [2.05, 4.69) is 42.6 Å². The number of benzene rings is 2. The first-order valence-corrected chi connectivity index (χ1v) is 7.80. The summed E-state index contributed by atoms with van der Waals surface area (Å²) < 4.78 is 5.66. The third-order valence-corrected chi connectivity index (χ3v) is 3.63. The Hall–Kier alpha value is -1.80. The normalized spacial score (nSPS) is 12.0. The molecule has 0 spiro atoms. The second-order valence-electron chi connectivity index (χ2n) is 5.37. The van der Waals surface area contributed by atoms with E-state index < -0.39 is 0 Å². The molecule has 112 valence electrons. The summed E-state index contributed by atoms with van der Waals surface area (Å²) in [4.78, 5) is 0. The second-order valence-corrected chi connectivity index (χ2v) is 5.37. The fourth-order valence-electron chi connectivity index (χ4n) is 2.30. The monoisotopic (exact) mass is 283 g/mol. The zero-order chi connectivity index (χ0) is 14.8. The van der Waals surface area contributed by atoms with Crippen molar-refractivity contribution in [3.05, 3.63) is 66.2 Å². The molecule has 0 fully saturated rings. The lowest BCUT2D eigenvalue weighted by molar-refractivity contribution is 0.308. The number of hydrogen-bond donors (Lipinski definition) is 1. The van der Waals surface area contributed by atoms with Crippen LogP contribution in [0.4, 0.5) is 0 Å². The van der Waals surface area contributed by atoms with Crippen molar-refractivity contribution in [2.45, 2.75) is 25.7 Å². The molecule has 0 radical (unpaired) electrons. The second kappa shape index (κ2) is 9.19. The lowest BCUT2D eigenvalue weighted by Crippen LogP contribution is -2.20. The average Bonchev–Trinajstić information content (AvgIpc) is 2.55. The number of hydrogen-bond acceptors (Lipinski definition) is 2. The van der Waals surface area contributed by atoms with E-state index in [9.17, 15) is 0 Å². The van der Waals surface area contributed by atoms with Crippen LogP contribution in [0.25, 0.3) is 0 Å². The van der Waals surface area contributed by atoms with Gasteiger partial charge in [-0.3, -0.25) is 0 Å². The van der Waals surface area contributed by atoms with E-state index in [0.29, 0.717) is 5.92 Å². The molecular formula is C19H25NO. The molecule has 0 aliphatic rings. The van der Waals surface area contributed by atoms with Crippen LogP contribution in [0.3, 0.4) is 0 Å². The molecule has 0 bridgehead atoms. The van der Waals surface area contributed by atoms with Gasteiger partial charge in [-0.15, -0.1) is 0 Å². The summed E-state index contributed by atoms with van der Waals surface area (Å²) in [6.45, 7) is 5.12. The highest BCUT2D eigenvalue weighted by Crippen LogP contribution is 2.17. The highest BCUT2D eigenvalue weighted by molar-refractivity contribution is 5.20. The van der Waals surface area contributed by atoms with Gasteiger partial charge in [0.25, 0.3) is 0 Å². The lowest BCUT2D eigenvalue weighted by Gasteiger charge is -2.12. The first-order valence-electron chi connectivity index (χ1n) is 7.80. The first-order chi connectivity index (χ1) is 10.4. The Morgan fingerprint density at radius 2 is 1.57 bits per heavy atom. The van der Waals surface area contributed by atoms with Crippen LogP contribution in [0.2, 0.25) is 0 Å². The minimum absolute atomic E-state index is 0.610. The molecule has 2 aromatic carbocycles. The van der Waals surface area contributed by atoms with Gasteiger partial charge in [-0.2, -0.15) is 0 Å². The Morgan fingerprint density at radius 1 is 0.905 bits per heavy atom. The smallest absolute Gasteiger partial charge is 0.119 e. The largest absolute Gasteiger partial charge is 0.494 e. The van der Waals surface area contributed by atoms with E-state index in [4.69, 9.17) is 4.74 Å². The van der Waals surface area contributed by atoms with Gasteiger partial charge in [0.15, 0.2) is 0 Å². The predicted molar refractivity (Wildman–Crippen MR) is 88.9 cm³/mol. The van der Waals surface area contributed by atoms with Gasteiger partial charge in [0.2, 0.25) is 0 Å². The van der Waals surface area contributed by atoms with E-state index in [1.54, 1.807) is 0 Å². The summed E-state index contributed by atoms with van der Waals surface area (Å²) in [5.41, 5.74) is 1.42. The Labute approximate surface area is 128 Å². The fraction of sp³-hybridized carbons (Fsp3) is 0.368. The van der Waals surface area contributed by atoms with Crippen LogP contribution in [0.5, 0.6) is 5.75 Å². The maximum absolute atomic E-state index is 5.66. The van der Waals surface area contributed by atoms with Crippen molar-refractivity contribution in [3.63, 3.8) is 0 Å². The summed E-state index contributed by atoms with van der Waals surface area (Å²) >= 11 is 0. The molecule has 0 aliphatic carbocycles. The third-order valence-electron chi connectivity index (χ3n) is 3.63. The van der Waals surface area contributed by atoms with Gasteiger partial charge in [-0.1, -0.05) is 55.5 Å². The van der Waals surface area contributed by atoms with E-state index in [0.717, 1.165) is 31.9 Å². The van der Waals surface area contributed by atoms with Gasteiger partial charge in [0, 0.05) is 0 Å². The molecule has 0 aliphatic heterocycles. The van der Waals surface area contributed by atoms with Gasteiger partial charge in [-0.25, -0.2) is 0 Å². The van der Waals surface area contributed by atoms with Crippen molar-refractivity contribution in [3.8, 4) is 5.75 Å².